The van der Waals surface area contributed by atoms with E-state index in [1.165, 1.54) is 6.42 Å². The van der Waals surface area contributed by atoms with Crippen molar-refractivity contribution in [3.8, 4) is 0 Å². The summed E-state index contributed by atoms with van der Waals surface area (Å²) in [5, 5.41) is 0. The summed E-state index contributed by atoms with van der Waals surface area (Å²) in [7, 11) is 1.75. The van der Waals surface area contributed by atoms with Gasteiger partial charge in [-0.2, -0.15) is 0 Å². The molecule has 2 saturated heterocycles. The molecule has 0 aromatic carbocycles. The van der Waals surface area contributed by atoms with E-state index in [0.717, 1.165) is 78.7 Å². The largest absolute Gasteiger partial charge is 0.385 e. The van der Waals surface area contributed by atoms with Crippen molar-refractivity contribution in [1.29, 1.82) is 0 Å². The SMILES string of the molecule is CC(C)OCCCN1CCOCC1C.CCC.COCCCN1CCOCC1C. The quantitative estimate of drug-likeness (QED) is 0.532. The number of hydrogen-bond donors (Lipinski definition) is 0. The molecule has 0 spiro atoms. The Hall–Kier alpha value is -0.240. The van der Waals surface area contributed by atoms with Crippen molar-refractivity contribution in [3.63, 3.8) is 0 Å². The Bertz CT molecular complexity index is 345. The summed E-state index contributed by atoms with van der Waals surface area (Å²) in [6.45, 7) is 22.5. The van der Waals surface area contributed by atoms with E-state index in [-0.39, 0.29) is 0 Å². The van der Waals surface area contributed by atoms with E-state index in [1.54, 1.807) is 7.11 Å². The lowest BCUT2D eigenvalue weighted by Gasteiger charge is -2.33. The van der Waals surface area contributed by atoms with Gasteiger partial charge in [0.05, 0.1) is 32.5 Å². The minimum Gasteiger partial charge on any atom is -0.385 e. The zero-order valence-corrected chi connectivity index (χ0v) is 20.5. The van der Waals surface area contributed by atoms with E-state index in [2.05, 4.69) is 51.3 Å². The highest BCUT2D eigenvalue weighted by atomic mass is 16.5. The fourth-order valence-electron chi connectivity index (χ4n) is 3.19. The second-order valence-electron chi connectivity index (χ2n) is 8.25. The van der Waals surface area contributed by atoms with Gasteiger partial charge in [0.2, 0.25) is 0 Å². The summed E-state index contributed by atoms with van der Waals surface area (Å²) in [4.78, 5) is 4.94. The molecule has 0 aliphatic carbocycles. The van der Waals surface area contributed by atoms with Gasteiger partial charge in [-0.1, -0.05) is 20.3 Å². The van der Waals surface area contributed by atoms with Crippen LogP contribution in [0.5, 0.6) is 0 Å². The van der Waals surface area contributed by atoms with Crippen LogP contribution in [0.1, 0.15) is 60.8 Å². The first kappa shape index (κ1) is 28.8. The fourth-order valence-corrected chi connectivity index (χ4v) is 3.19. The van der Waals surface area contributed by atoms with Gasteiger partial charge in [-0.05, 0) is 40.5 Å². The lowest BCUT2D eigenvalue weighted by Crippen LogP contribution is -2.44. The third kappa shape index (κ3) is 16.2. The zero-order valence-electron chi connectivity index (χ0n) is 20.5. The Morgan fingerprint density at radius 1 is 0.862 bits per heavy atom. The Balaban J connectivity index is 0.000000481. The van der Waals surface area contributed by atoms with Crippen LogP contribution >= 0.6 is 0 Å². The second-order valence-corrected chi connectivity index (χ2v) is 8.25. The van der Waals surface area contributed by atoms with Gasteiger partial charge in [0, 0.05) is 58.6 Å². The lowest BCUT2D eigenvalue weighted by molar-refractivity contribution is -0.00690. The highest BCUT2D eigenvalue weighted by Gasteiger charge is 2.18. The van der Waals surface area contributed by atoms with Crippen LogP contribution in [0.4, 0.5) is 0 Å². The van der Waals surface area contributed by atoms with Crippen LogP contribution in [0, 0.1) is 0 Å². The second kappa shape index (κ2) is 19.7. The summed E-state index contributed by atoms with van der Waals surface area (Å²) < 4.78 is 21.2. The lowest BCUT2D eigenvalue weighted by atomic mass is 10.2. The molecule has 2 aliphatic rings. The van der Waals surface area contributed by atoms with Crippen molar-refractivity contribution in [3.05, 3.63) is 0 Å². The van der Waals surface area contributed by atoms with Gasteiger partial charge < -0.3 is 18.9 Å². The third-order valence-electron chi connectivity index (χ3n) is 4.85. The first-order chi connectivity index (χ1) is 14.0. The van der Waals surface area contributed by atoms with E-state index in [1.807, 2.05) is 0 Å². The summed E-state index contributed by atoms with van der Waals surface area (Å²) in [6.07, 6.45) is 3.86. The molecular weight excluding hydrogens is 368 g/mol. The number of methoxy groups -OCH3 is 1. The summed E-state index contributed by atoms with van der Waals surface area (Å²) >= 11 is 0. The average Bonchev–Trinajstić information content (AvgIpc) is 2.69. The van der Waals surface area contributed by atoms with E-state index < -0.39 is 0 Å². The third-order valence-corrected chi connectivity index (χ3v) is 4.85. The maximum absolute atomic E-state index is 5.51. The van der Waals surface area contributed by atoms with Crippen molar-refractivity contribution in [2.75, 3.05) is 72.9 Å². The highest BCUT2D eigenvalue weighted by Crippen LogP contribution is 2.07. The van der Waals surface area contributed by atoms with Crippen molar-refractivity contribution < 1.29 is 18.9 Å². The van der Waals surface area contributed by atoms with Crippen LogP contribution in [0.15, 0.2) is 0 Å². The van der Waals surface area contributed by atoms with Gasteiger partial charge in [-0.15, -0.1) is 0 Å². The average molecular weight is 419 g/mol. The number of nitrogens with zero attached hydrogens (tertiary/aromatic N) is 2. The molecule has 0 aromatic rings. The molecule has 29 heavy (non-hydrogen) atoms. The van der Waals surface area contributed by atoms with E-state index in [0.29, 0.717) is 18.2 Å². The molecule has 0 aromatic heterocycles. The fraction of sp³-hybridized carbons (Fsp3) is 1.00. The van der Waals surface area contributed by atoms with Crippen LogP contribution in [0.2, 0.25) is 0 Å². The number of hydrogen-bond acceptors (Lipinski definition) is 6. The molecule has 0 radical (unpaired) electrons. The highest BCUT2D eigenvalue weighted by molar-refractivity contribution is 4.71. The van der Waals surface area contributed by atoms with Gasteiger partial charge in [0.1, 0.15) is 0 Å². The summed E-state index contributed by atoms with van der Waals surface area (Å²) in [5.41, 5.74) is 0. The maximum Gasteiger partial charge on any atom is 0.0619 e. The van der Waals surface area contributed by atoms with Crippen molar-refractivity contribution >= 4 is 0 Å². The Morgan fingerprint density at radius 2 is 1.31 bits per heavy atom. The predicted molar refractivity (Wildman–Crippen MR) is 122 cm³/mol. The van der Waals surface area contributed by atoms with Crippen LogP contribution in [0.3, 0.4) is 0 Å². The molecule has 2 rings (SSSR count). The van der Waals surface area contributed by atoms with Crippen molar-refractivity contribution in [2.45, 2.75) is 79.0 Å². The molecule has 2 heterocycles. The van der Waals surface area contributed by atoms with Crippen LogP contribution < -0.4 is 0 Å². The molecule has 2 aliphatic heterocycles. The molecule has 2 fully saturated rings. The predicted octanol–water partition coefficient (Wildman–Crippen LogP) is 3.68. The molecule has 2 unspecified atom stereocenters. The minimum absolute atomic E-state index is 0.358. The molecule has 0 saturated carbocycles. The van der Waals surface area contributed by atoms with Crippen molar-refractivity contribution in [2.24, 2.45) is 0 Å². The van der Waals surface area contributed by atoms with Crippen LogP contribution in [0.25, 0.3) is 0 Å². The monoisotopic (exact) mass is 418 g/mol. The normalized spacial score (nSPS) is 23.2. The molecule has 0 N–H and O–H groups in total. The van der Waals surface area contributed by atoms with E-state index in [9.17, 15) is 0 Å². The zero-order chi connectivity index (χ0) is 21.9. The molecule has 176 valence electrons. The maximum atomic E-state index is 5.51. The molecule has 2 atom stereocenters. The molecule has 0 amide bonds. The standard InChI is InChI=1S/C11H23NO2.C9H19NO2.C3H8/c1-10(2)14-7-4-5-12-6-8-13-9-11(12)3;1-9-8-12-7-5-10(9)4-3-6-11-2;1-3-2/h10-11H,4-9H2,1-3H3;9H,3-8H2,1-2H3;3H2,1-2H3. The minimum atomic E-state index is 0.358. The van der Waals surface area contributed by atoms with E-state index >= 15 is 0 Å². The van der Waals surface area contributed by atoms with Gasteiger partial charge >= 0.3 is 0 Å². The summed E-state index contributed by atoms with van der Waals surface area (Å²) in [5.74, 6) is 0. The van der Waals surface area contributed by atoms with Crippen molar-refractivity contribution in [1.82, 2.24) is 9.80 Å². The Morgan fingerprint density at radius 3 is 1.69 bits per heavy atom. The Kier molecular flexibility index (Phi) is 19.5. The first-order valence-corrected chi connectivity index (χ1v) is 11.7. The van der Waals surface area contributed by atoms with Gasteiger partial charge in [-0.25, -0.2) is 0 Å². The topological polar surface area (TPSA) is 43.4 Å². The van der Waals surface area contributed by atoms with Crippen LogP contribution in [-0.4, -0.2) is 101 Å². The van der Waals surface area contributed by atoms with Gasteiger partial charge in [0.25, 0.3) is 0 Å². The van der Waals surface area contributed by atoms with E-state index in [4.69, 9.17) is 18.9 Å². The number of rotatable bonds is 9. The summed E-state index contributed by atoms with van der Waals surface area (Å²) in [6, 6.07) is 1.15. The van der Waals surface area contributed by atoms with Gasteiger partial charge in [-0.3, -0.25) is 9.80 Å². The molecular formula is C23H50N2O4. The van der Waals surface area contributed by atoms with Crippen LogP contribution in [-0.2, 0) is 18.9 Å². The first-order valence-electron chi connectivity index (χ1n) is 11.7. The molecule has 0 bridgehead atoms. The molecule has 6 nitrogen and oxygen atoms in total. The number of morpholine rings is 2. The van der Waals surface area contributed by atoms with Gasteiger partial charge in [0.15, 0.2) is 0 Å². The number of ether oxygens (including phenoxy) is 4. The smallest absolute Gasteiger partial charge is 0.0619 e. The molecule has 6 heteroatoms. The Labute approximate surface area is 181 Å².